The van der Waals surface area contributed by atoms with Crippen molar-refractivity contribution < 1.29 is 18.3 Å². The van der Waals surface area contributed by atoms with E-state index >= 15 is 0 Å². The third-order valence-electron chi connectivity index (χ3n) is 7.02. The highest BCUT2D eigenvalue weighted by molar-refractivity contribution is 7.91. The first-order chi connectivity index (χ1) is 12.3. The molecule has 0 aromatic heterocycles. The van der Waals surface area contributed by atoms with Crippen molar-refractivity contribution in [3.63, 3.8) is 0 Å². The molecule has 0 saturated heterocycles. The number of benzene rings is 1. The predicted molar refractivity (Wildman–Crippen MR) is 98.5 cm³/mol. The monoisotopic (exact) mass is 377 g/mol. The van der Waals surface area contributed by atoms with Gasteiger partial charge in [0.2, 0.25) is 5.91 Å². The fraction of sp³-hybridized carbons (Fsp3) is 0.650. The van der Waals surface area contributed by atoms with Crippen LogP contribution in [0.5, 0.6) is 5.75 Å². The number of hydrogen-bond donors (Lipinski definition) is 2. The van der Waals surface area contributed by atoms with Crippen molar-refractivity contribution in [2.75, 3.05) is 5.75 Å². The number of hydrogen-bond acceptors (Lipinski definition) is 4. The maximum atomic E-state index is 12.8. The largest absolute Gasteiger partial charge is 0.508 e. The number of carbonyl (C=O) groups excluding carboxylic acids is 1. The molecule has 5 rings (SSSR count). The number of aromatic hydroxyl groups is 1. The van der Waals surface area contributed by atoms with Crippen molar-refractivity contribution in [1.82, 2.24) is 5.32 Å². The molecule has 5 nitrogen and oxygen atoms in total. The van der Waals surface area contributed by atoms with E-state index in [1.807, 2.05) is 0 Å². The van der Waals surface area contributed by atoms with E-state index in [2.05, 4.69) is 5.32 Å². The zero-order chi connectivity index (χ0) is 18.4. The zero-order valence-corrected chi connectivity index (χ0v) is 15.9. The standard InChI is InChI=1S/C20H27NO4S/c22-16-4-6-17(7-5-16)26(24,25)14-19-8-11-20(12-9-19,13-10-19)18(23)21-15-2-1-3-15/h4-7,15,22H,1-3,8-14H2,(H,21,23). The van der Waals surface area contributed by atoms with Gasteiger partial charge in [-0.25, -0.2) is 8.42 Å². The summed E-state index contributed by atoms with van der Waals surface area (Å²) < 4.78 is 25.7. The number of sulfone groups is 1. The number of amides is 1. The molecule has 2 N–H and O–H groups in total. The van der Waals surface area contributed by atoms with Gasteiger partial charge in [-0.2, -0.15) is 0 Å². The van der Waals surface area contributed by atoms with Crippen LogP contribution in [0.2, 0.25) is 0 Å². The summed E-state index contributed by atoms with van der Waals surface area (Å²) in [5.74, 6) is 0.419. The Labute approximate surface area is 155 Å². The summed E-state index contributed by atoms with van der Waals surface area (Å²) in [6, 6.07) is 6.15. The molecular formula is C20H27NO4S. The molecule has 26 heavy (non-hydrogen) atoms. The van der Waals surface area contributed by atoms with Crippen LogP contribution in [0, 0.1) is 10.8 Å². The Bertz CT molecular complexity index is 771. The van der Waals surface area contributed by atoms with Crippen LogP contribution in [-0.2, 0) is 14.6 Å². The molecule has 1 amide bonds. The first kappa shape index (κ1) is 17.8. The number of fused-ring (bicyclic) bond motifs is 3. The molecule has 1 aromatic carbocycles. The van der Waals surface area contributed by atoms with Crippen LogP contribution in [0.25, 0.3) is 0 Å². The first-order valence-corrected chi connectivity index (χ1v) is 11.3. The van der Waals surface area contributed by atoms with Crippen molar-refractivity contribution >= 4 is 15.7 Å². The maximum absolute atomic E-state index is 12.8. The molecule has 4 aliphatic carbocycles. The van der Waals surface area contributed by atoms with Gasteiger partial charge in [0.1, 0.15) is 5.75 Å². The second-order valence-corrected chi connectivity index (χ2v) is 10.6. The topological polar surface area (TPSA) is 83.5 Å². The number of phenolic OH excluding ortho intramolecular Hbond substituents is 1. The lowest BCUT2D eigenvalue weighted by molar-refractivity contribution is -0.141. The van der Waals surface area contributed by atoms with Gasteiger partial charge in [-0.05, 0) is 87.5 Å². The Morgan fingerprint density at radius 3 is 2.12 bits per heavy atom. The molecule has 0 spiro atoms. The predicted octanol–water partition coefficient (Wildman–Crippen LogP) is 3.18. The van der Waals surface area contributed by atoms with E-state index in [-0.39, 0.29) is 33.1 Å². The second-order valence-electron chi connectivity index (χ2n) is 8.63. The third-order valence-corrected chi connectivity index (χ3v) is 9.00. The first-order valence-electron chi connectivity index (χ1n) is 9.66. The zero-order valence-electron chi connectivity index (χ0n) is 15.0. The van der Waals surface area contributed by atoms with E-state index in [1.54, 1.807) is 0 Å². The Kier molecular flexibility index (Phi) is 4.29. The van der Waals surface area contributed by atoms with E-state index in [1.165, 1.54) is 30.7 Å². The number of phenols is 1. The highest BCUT2D eigenvalue weighted by Crippen LogP contribution is 2.57. The average Bonchev–Trinajstić information content (AvgIpc) is 2.59. The molecule has 0 heterocycles. The maximum Gasteiger partial charge on any atom is 0.226 e. The molecule has 142 valence electrons. The van der Waals surface area contributed by atoms with Crippen molar-refractivity contribution in [3.05, 3.63) is 24.3 Å². The lowest BCUT2D eigenvalue weighted by Crippen LogP contribution is -2.54. The molecule has 4 fully saturated rings. The van der Waals surface area contributed by atoms with Crippen LogP contribution >= 0.6 is 0 Å². The van der Waals surface area contributed by atoms with E-state index in [4.69, 9.17) is 0 Å². The average molecular weight is 378 g/mol. The minimum absolute atomic E-state index is 0.0692. The Morgan fingerprint density at radius 2 is 1.62 bits per heavy atom. The van der Waals surface area contributed by atoms with Gasteiger partial charge < -0.3 is 10.4 Å². The molecule has 4 aliphatic rings. The van der Waals surface area contributed by atoms with E-state index in [0.717, 1.165) is 51.4 Å². The SMILES string of the molecule is O=C(NC1CCC1)C12CCC(CS(=O)(=O)c3ccc(O)cc3)(CC1)CC2. The highest BCUT2D eigenvalue weighted by atomic mass is 32.2. The van der Waals surface area contributed by atoms with Crippen LogP contribution in [0.1, 0.15) is 57.8 Å². The highest BCUT2D eigenvalue weighted by Gasteiger charge is 2.53. The van der Waals surface area contributed by atoms with Crippen molar-refractivity contribution in [1.29, 1.82) is 0 Å². The van der Waals surface area contributed by atoms with Crippen molar-refractivity contribution in [2.45, 2.75) is 68.7 Å². The van der Waals surface area contributed by atoms with Crippen molar-refractivity contribution in [2.24, 2.45) is 10.8 Å². The van der Waals surface area contributed by atoms with Gasteiger partial charge in [-0.3, -0.25) is 4.79 Å². The quantitative estimate of drug-likeness (QED) is 0.825. The summed E-state index contributed by atoms with van der Waals surface area (Å²) in [4.78, 5) is 13.0. The molecule has 0 aliphatic heterocycles. The summed E-state index contributed by atoms with van der Waals surface area (Å²) in [6.07, 6.45) is 8.22. The number of nitrogens with one attached hydrogen (secondary N) is 1. The molecular weight excluding hydrogens is 350 g/mol. The Hall–Kier alpha value is -1.56. The summed E-state index contributed by atoms with van der Waals surface area (Å²) in [7, 11) is -3.39. The molecule has 2 bridgehead atoms. The summed E-state index contributed by atoms with van der Waals surface area (Å²) in [6.45, 7) is 0. The molecule has 0 radical (unpaired) electrons. The van der Waals surface area contributed by atoms with Gasteiger partial charge in [0, 0.05) is 11.5 Å². The van der Waals surface area contributed by atoms with Gasteiger partial charge in [-0.15, -0.1) is 0 Å². The van der Waals surface area contributed by atoms with Gasteiger partial charge in [0.05, 0.1) is 10.6 Å². The van der Waals surface area contributed by atoms with Crippen LogP contribution < -0.4 is 5.32 Å². The number of carbonyl (C=O) groups is 1. The molecule has 0 atom stereocenters. The van der Waals surface area contributed by atoms with Crippen LogP contribution in [-0.4, -0.2) is 31.2 Å². The summed E-state index contributed by atoms with van der Waals surface area (Å²) >= 11 is 0. The third kappa shape index (κ3) is 3.13. The lowest BCUT2D eigenvalue weighted by atomic mass is 9.54. The molecule has 1 aromatic rings. The second kappa shape index (κ2) is 6.25. The molecule has 4 saturated carbocycles. The smallest absolute Gasteiger partial charge is 0.226 e. The van der Waals surface area contributed by atoms with Crippen molar-refractivity contribution in [3.8, 4) is 5.75 Å². The van der Waals surface area contributed by atoms with Gasteiger partial charge >= 0.3 is 0 Å². The van der Waals surface area contributed by atoms with Gasteiger partial charge in [-0.1, -0.05) is 0 Å². The molecule has 6 heteroatoms. The van der Waals surface area contributed by atoms with E-state index in [9.17, 15) is 18.3 Å². The van der Waals surface area contributed by atoms with Gasteiger partial charge in [0.15, 0.2) is 9.84 Å². The number of rotatable bonds is 5. The van der Waals surface area contributed by atoms with Crippen LogP contribution in [0.15, 0.2) is 29.2 Å². The normalized spacial score (nSPS) is 31.4. The Balaban J connectivity index is 1.44. The van der Waals surface area contributed by atoms with E-state index in [0.29, 0.717) is 6.04 Å². The van der Waals surface area contributed by atoms with E-state index < -0.39 is 9.84 Å². The molecule has 0 unspecified atom stereocenters. The van der Waals surface area contributed by atoms with Crippen LogP contribution in [0.4, 0.5) is 0 Å². The van der Waals surface area contributed by atoms with Gasteiger partial charge in [0.25, 0.3) is 0 Å². The lowest BCUT2D eigenvalue weighted by Gasteiger charge is -2.52. The summed E-state index contributed by atoms with van der Waals surface area (Å²) in [5, 5.41) is 12.6. The minimum Gasteiger partial charge on any atom is -0.508 e. The minimum atomic E-state index is -3.39. The Morgan fingerprint density at radius 1 is 1.04 bits per heavy atom. The van der Waals surface area contributed by atoms with Crippen LogP contribution in [0.3, 0.4) is 0 Å². The summed E-state index contributed by atoms with van der Waals surface area (Å²) in [5.41, 5.74) is -0.463. The fourth-order valence-electron chi connectivity index (χ4n) is 4.85. The fourth-order valence-corrected chi connectivity index (χ4v) is 6.81.